The summed E-state index contributed by atoms with van der Waals surface area (Å²) in [7, 11) is 4.12. The van der Waals surface area contributed by atoms with Crippen molar-refractivity contribution in [2.45, 2.75) is 25.6 Å². The molecule has 1 aromatic rings. The van der Waals surface area contributed by atoms with Gasteiger partial charge in [-0.3, -0.25) is 0 Å². The lowest BCUT2D eigenvalue weighted by atomic mass is 10.1. The molecule has 3 rings (SSSR count). The second kappa shape index (κ2) is 6.64. The number of nitrogens with one attached hydrogen (secondary N) is 2. The average molecular weight is 291 g/mol. The van der Waals surface area contributed by atoms with Gasteiger partial charge in [0.25, 0.3) is 0 Å². The first-order valence-electron chi connectivity index (χ1n) is 7.70. The van der Waals surface area contributed by atoms with E-state index in [1.54, 1.807) is 0 Å². The number of benzene rings is 1. The lowest BCUT2D eigenvalue weighted by Gasteiger charge is -2.18. The van der Waals surface area contributed by atoms with E-state index in [1.165, 1.54) is 16.8 Å². The number of hydrogen-bond acceptors (Lipinski definition) is 5. The van der Waals surface area contributed by atoms with Crippen molar-refractivity contribution in [1.29, 1.82) is 0 Å². The minimum absolute atomic E-state index is 0.423. The van der Waals surface area contributed by atoms with Crippen LogP contribution in [0.15, 0.2) is 12.1 Å². The highest BCUT2D eigenvalue weighted by Crippen LogP contribution is 2.31. The maximum atomic E-state index is 5.91. The van der Waals surface area contributed by atoms with Gasteiger partial charge in [-0.05, 0) is 37.7 Å². The molecule has 1 aromatic carbocycles. The third-order valence-electron chi connectivity index (χ3n) is 4.03. The number of fused-ring (bicyclic) bond motifs is 1. The van der Waals surface area contributed by atoms with Gasteiger partial charge in [-0.1, -0.05) is 0 Å². The van der Waals surface area contributed by atoms with Crippen molar-refractivity contribution in [1.82, 2.24) is 10.2 Å². The van der Waals surface area contributed by atoms with Crippen molar-refractivity contribution in [3.63, 3.8) is 0 Å². The first kappa shape index (κ1) is 14.6. The quantitative estimate of drug-likeness (QED) is 0.830. The molecule has 0 spiro atoms. The minimum Gasteiger partial charge on any atom is -0.492 e. The number of likely N-dealkylation sites (N-methyl/N-ethyl adjacent to an activating group) is 1. The average Bonchev–Trinajstić information content (AvgIpc) is 3.09. The third kappa shape index (κ3) is 3.67. The Labute approximate surface area is 126 Å². The Bertz CT molecular complexity index is 485. The molecule has 116 valence electrons. The number of ether oxygens (including phenoxy) is 2. The van der Waals surface area contributed by atoms with E-state index in [0.29, 0.717) is 12.6 Å². The van der Waals surface area contributed by atoms with E-state index in [1.807, 2.05) is 0 Å². The van der Waals surface area contributed by atoms with Gasteiger partial charge in [0, 0.05) is 38.0 Å². The van der Waals surface area contributed by atoms with Crippen molar-refractivity contribution in [2.75, 3.05) is 45.8 Å². The second-order valence-electron chi connectivity index (χ2n) is 6.07. The van der Waals surface area contributed by atoms with Gasteiger partial charge in [-0.2, -0.15) is 0 Å². The van der Waals surface area contributed by atoms with Crippen LogP contribution in [-0.2, 0) is 17.8 Å². The molecule has 21 heavy (non-hydrogen) atoms. The van der Waals surface area contributed by atoms with E-state index >= 15 is 0 Å². The summed E-state index contributed by atoms with van der Waals surface area (Å²) in [6.07, 6.45) is 1.08. The zero-order valence-corrected chi connectivity index (χ0v) is 12.9. The molecule has 1 unspecified atom stereocenters. The monoisotopic (exact) mass is 291 g/mol. The predicted molar refractivity (Wildman–Crippen MR) is 83.9 cm³/mol. The molecular formula is C16H25N3O2. The highest BCUT2D eigenvalue weighted by Gasteiger charge is 2.21. The molecule has 2 aliphatic rings. The molecule has 2 heterocycles. The molecule has 1 saturated heterocycles. The number of anilines is 1. The molecule has 5 nitrogen and oxygen atoms in total. The van der Waals surface area contributed by atoms with Crippen LogP contribution in [0.3, 0.4) is 0 Å². The molecule has 1 atom stereocenters. The Morgan fingerprint density at radius 3 is 3.05 bits per heavy atom. The van der Waals surface area contributed by atoms with Crippen LogP contribution in [-0.4, -0.2) is 51.4 Å². The zero-order valence-electron chi connectivity index (χ0n) is 12.9. The fourth-order valence-electron chi connectivity index (χ4n) is 2.82. The Hall–Kier alpha value is -1.30. The minimum atomic E-state index is 0.423. The first-order valence-corrected chi connectivity index (χ1v) is 7.70. The van der Waals surface area contributed by atoms with E-state index in [9.17, 15) is 0 Å². The van der Waals surface area contributed by atoms with Crippen molar-refractivity contribution in [3.05, 3.63) is 23.3 Å². The van der Waals surface area contributed by atoms with Gasteiger partial charge in [-0.25, -0.2) is 0 Å². The second-order valence-corrected chi connectivity index (χ2v) is 6.07. The molecule has 1 fully saturated rings. The van der Waals surface area contributed by atoms with Crippen LogP contribution < -0.4 is 15.4 Å². The summed E-state index contributed by atoms with van der Waals surface area (Å²) >= 11 is 0. The van der Waals surface area contributed by atoms with Crippen LogP contribution >= 0.6 is 0 Å². The Balaban J connectivity index is 1.72. The zero-order chi connectivity index (χ0) is 14.7. The van der Waals surface area contributed by atoms with Crippen molar-refractivity contribution in [3.8, 4) is 5.75 Å². The van der Waals surface area contributed by atoms with Crippen LogP contribution in [0.5, 0.6) is 5.75 Å². The van der Waals surface area contributed by atoms with Gasteiger partial charge in [0.05, 0.1) is 12.6 Å². The lowest BCUT2D eigenvalue weighted by Crippen LogP contribution is -2.21. The maximum absolute atomic E-state index is 5.91. The van der Waals surface area contributed by atoms with E-state index in [2.05, 4.69) is 41.8 Å². The van der Waals surface area contributed by atoms with E-state index < -0.39 is 0 Å². The molecule has 0 amide bonds. The fraction of sp³-hybridized carbons (Fsp3) is 0.625. The topological polar surface area (TPSA) is 45.8 Å². The molecular weight excluding hydrogens is 266 g/mol. The normalized spacial score (nSPS) is 20.8. The van der Waals surface area contributed by atoms with Gasteiger partial charge in [0.1, 0.15) is 12.4 Å². The highest BCUT2D eigenvalue weighted by atomic mass is 16.5. The maximum Gasteiger partial charge on any atom is 0.121 e. The summed E-state index contributed by atoms with van der Waals surface area (Å²) in [6, 6.07) is 4.73. The SMILES string of the molecule is CN(C)CCOc1cc2c(c(NC3CCOC3)c1)CNC2. The van der Waals surface area contributed by atoms with Crippen LogP contribution in [0.1, 0.15) is 17.5 Å². The molecule has 0 radical (unpaired) electrons. The van der Waals surface area contributed by atoms with Gasteiger partial charge >= 0.3 is 0 Å². The molecule has 0 aliphatic carbocycles. The van der Waals surface area contributed by atoms with Gasteiger partial charge in [0.15, 0.2) is 0 Å². The molecule has 0 bridgehead atoms. The summed E-state index contributed by atoms with van der Waals surface area (Å²) in [6.45, 7) is 5.16. The van der Waals surface area contributed by atoms with Gasteiger partial charge < -0.3 is 25.0 Å². The van der Waals surface area contributed by atoms with E-state index in [0.717, 1.165) is 45.0 Å². The molecule has 5 heteroatoms. The van der Waals surface area contributed by atoms with Crippen LogP contribution in [0, 0.1) is 0 Å². The van der Waals surface area contributed by atoms with Crippen LogP contribution in [0.25, 0.3) is 0 Å². The summed E-state index contributed by atoms with van der Waals surface area (Å²) < 4.78 is 11.4. The number of rotatable bonds is 6. The number of hydrogen-bond donors (Lipinski definition) is 2. The Morgan fingerprint density at radius 2 is 2.29 bits per heavy atom. The Morgan fingerprint density at radius 1 is 1.38 bits per heavy atom. The lowest BCUT2D eigenvalue weighted by molar-refractivity contribution is 0.195. The third-order valence-corrected chi connectivity index (χ3v) is 4.03. The van der Waals surface area contributed by atoms with E-state index in [4.69, 9.17) is 9.47 Å². The molecule has 0 saturated carbocycles. The standard InChI is InChI=1S/C16H25N3O2/c1-19(2)4-6-21-14-7-12-9-17-10-15(12)16(8-14)18-13-3-5-20-11-13/h7-8,13,17-18H,3-6,9-11H2,1-2H3. The highest BCUT2D eigenvalue weighted by molar-refractivity contribution is 5.60. The van der Waals surface area contributed by atoms with Crippen molar-refractivity contribution < 1.29 is 9.47 Å². The van der Waals surface area contributed by atoms with E-state index in [-0.39, 0.29) is 0 Å². The van der Waals surface area contributed by atoms with Crippen LogP contribution in [0.2, 0.25) is 0 Å². The molecule has 2 N–H and O–H groups in total. The van der Waals surface area contributed by atoms with Crippen molar-refractivity contribution in [2.24, 2.45) is 0 Å². The van der Waals surface area contributed by atoms with Crippen LogP contribution in [0.4, 0.5) is 5.69 Å². The smallest absolute Gasteiger partial charge is 0.121 e. The van der Waals surface area contributed by atoms with Crippen molar-refractivity contribution >= 4 is 5.69 Å². The fourth-order valence-corrected chi connectivity index (χ4v) is 2.82. The largest absolute Gasteiger partial charge is 0.492 e. The predicted octanol–water partition coefficient (Wildman–Crippen LogP) is 1.43. The summed E-state index contributed by atoms with van der Waals surface area (Å²) in [5.41, 5.74) is 3.92. The summed E-state index contributed by atoms with van der Waals surface area (Å²) in [5.74, 6) is 0.959. The molecule has 0 aromatic heterocycles. The number of nitrogens with zero attached hydrogens (tertiary/aromatic N) is 1. The molecule has 2 aliphatic heterocycles. The summed E-state index contributed by atoms with van der Waals surface area (Å²) in [5, 5.41) is 7.04. The Kier molecular flexibility index (Phi) is 4.63. The van der Waals surface area contributed by atoms with Gasteiger partial charge in [-0.15, -0.1) is 0 Å². The summed E-state index contributed by atoms with van der Waals surface area (Å²) in [4.78, 5) is 2.13. The van der Waals surface area contributed by atoms with Gasteiger partial charge in [0.2, 0.25) is 0 Å². The first-order chi connectivity index (χ1) is 10.2.